The minimum absolute atomic E-state index is 0.163. The molecule has 0 bridgehead atoms. The van der Waals surface area contributed by atoms with Gasteiger partial charge in [0.1, 0.15) is 5.92 Å². The van der Waals surface area contributed by atoms with Crippen LogP contribution in [-0.4, -0.2) is 55.0 Å². The van der Waals surface area contributed by atoms with Gasteiger partial charge in [-0.3, -0.25) is 15.1 Å². The summed E-state index contributed by atoms with van der Waals surface area (Å²) in [5, 5.41) is 10.0. The molecule has 6 N–H and O–H groups in total. The molecule has 0 aliphatic carbocycles. The number of amidine groups is 1. The number of nitrogens with zero attached hydrogens (tertiary/aromatic N) is 3. The Morgan fingerprint density at radius 1 is 1.19 bits per heavy atom. The van der Waals surface area contributed by atoms with Gasteiger partial charge in [-0.25, -0.2) is 4.99 Å². The molecule has 0 radical (unpaired) electrons. The Hall–Kier alpha value is -2.42. The Morgan fingerprint density at radius 2 is 1.81 bits per heavy atom. The molecule has 1 atom stereocenters. The van der Waals surface area contributed by atoms with Crippen molar-refractivity contribution in [3.8, 4) is 0 Å². The van der Waals surface area contributed by atoms with Crippen LogP contribution in [0.2, 0.25) is 0 Å². The first-order valence-corrected chi connectivity index (χ1v) is 9.23. The number of aliphatic imine (C=N–C) groups is 2. The Labute approximate surface area is 160 Å². The maximum absolute atomic E-state index is 12.3. The maximum Gasteiger partial charge on any atom is 0.261 e. The van der Waals surface area contributed by atoms with Crippen molar-refractivity contribution in [2.75, 3.05) is 26.2 Å². The Balaban J connectivity index is 2.00. The topological polar surface area (TPSA) is 133 Å². The van der Waals surface area contributed by atoms with E-state index in [4.69, 9.17) is 16.9 Å². The zero-order valence-electron chi connectivity index (χ0n) is 15.8. The standard InChI is InChI=1S/C19H29N7O/c1-14(22)24-19-23-12-17(18(27)25-19)16-6-4-15(5-7-16)13-26(10-2-8-20)11-3-9-21/h4-7,12,17H,2-3,8-11,13,20-21H2,1H3,(H2,22,24,25,27). The fourth-order valence-corrected chi connectivity index (χ4v) is 2.86. The number of hydrogen-bond donors (Lipinski definition) is 4. The van der Waals surface area contributed by atoms with Gasteiger partial charge in [-0.2, -0.15) is 4.99 Å². The van der Waals surface area contributed by atoms with Crippen molar-refractivity contribution < 1.29 is 4.79 Å². The molecule has 2 rings (SSSR count). The van der Waals surface area contributed by atoms with Crippen molar-refractivity contribution in [3.63, 3.8) is 0 Å². The van der Waals surface area contributed by atoms with E-state index in [0.29, 0.717) is 13.1 Å². The molecular weight excluding hydrogens is 342 g/mol. The fourth-order valence-electron chi connectivity index (χ4n) is 2.86. The zero-order valence-corrected chi connectivity index (χ0v) is 15.8. The van der Waals surface area contributed by atoms with Crippen molar-refractivity contribution in [3.05, 3.63) is 35.4 Å². The largest absolute Gasteiger partial charge is 0.330 e. The molecule has 1 aromatic rings. The van der Waals surface area contributed by atoms with Crippen LogP contribution in [0.3, 0.4) is 0 Å². The van der Waals surface area contributed by atoms with Gasteiger partial charge in [0.15, 0.2) is 0 Å². The predicted molar refractivity (Wildman–Crippen MR) is 109 cm³/mol. The molecule has 1 amide bonds. The van der Waals surface area contributed by atoms with Crippen LogP contribution in [0.5, 0.6) is 0 Å². The molecule has 0 saturated heterocycles. The minimum Gasteiger partial charge on any atom is -0.330 e. The molecule has 1 aliphatic rings. The van der Waals surface area contributed by atoms with Crippen molar-refractivity contribution in [1.82, 2.24) is 10.2 Å². The predicted octanol–water partition coefficient (Wildman–Crippen LogP) is 0.824. The van der Waals surface area contributed by atoms with Gasteiger partial charge in [-0.05, 0) is 57.1 Å². The van der Waals surface area contributed by atoms with Crippen LogP contribution in [0.4, 0.5) is 0 Å². The molecule has 0 fully saturated rings. The van der Waals surface area contributed by atoms with E-state index in [1.807, 2.05) is 24.3 Å². The lowest BCUT2D eigenvalue weighted by Crippen LogP contribution is -2.31. The number of nitrogens with two attached hydrogens (primary N) is 2. The van der Waals surface area contributed by atoms with Crippen LogP contribution in [0.25, 0.3) is 0 Å². The first kappa shape index (κ1) is 20.9. The summed E-state index contributed by atoms with van der Waals surface area (Å²) in [5.74, 6) is -0.415. The number of guanidine groups is 1. The molecular formula is C19H29N7O. The lowest BCUT2D eigenvalue weighted by atomic mass is 9.97. The molecule has 1 aliphatic heterocycles. The number of nitrogens with one attached hydrogen (secondary N) is 2. The lowest BCUT2D eigenvalue weighted by molar-refractivity contribution is -0.117. The molecule has 8 heteroatoms. The number of rotatable bonds is 9. The second kappa shape index (κ2) is 10.7. The van der Waals surface area contributed by atoms with Crippen LogP contribution < -0.4 is 16.8 Å². The second-order valence-corrected chi connectivity index (χ2v) is 6.58. The highest BCUT2D eigenvalue weighted by Crippen LogP contribution is 2.19. The van der Waals surface area contributed by atoms with Crippen molar-refractivity contribution >= 4 is 23.9 Å². The van der Waals surface area contributed by atoms with E-state index < -0.39 is 5.92 Å². The monoisotopic (exact) mass is 371 g/mol. The summed E-state index contributed by atoms with van der Waals surface area (Å²) in [4.78, 5) is 22.7. The molecule has 27 heavy (non-hydrogen) atoms. The highest BCUT2D eigenvalue weighted by molar-refractivity contribution is 6.14. The summed E-state index contributed by atoms with van der Waals surface area (Å²) < 4.78 is 0. The van der Waals surface area contributed by atoms with Crippen molar-refractivity contribution in [2.24, 2.45) is 21.5 Å². The van der Waals surface area contributed by atoms with Gasteiger partial charge < -0.3 is 16.8 Å². The summed E-state index contributed by atoms with van der Waals surface area (Å²) >= 11 is 0. The Kier molecular flexibility index (Phi) is 8.25. The molecule has 0 spiro atoms. The number of carbonyl (C=O) groups excluding carboxylic acids is 1. The van der Waals surface area contributed by atoms with Crippen LogP contribution in [0.15, 0.2) is 34.3 Å². The fraction of sp³-hybridized carbons (Fsp3) is 0.474. The Bertz CT molecular complexity index is 689. The molecule has 1 aromatic carbocycles. The summed E-state index contributed by atoms with van der Waals surface area (Å²) in [6.45, 7) is 5.65. The second-order valence-electron chi connectivity index (χ2n) is 6.58. The van der Waals surface area contributed by atoms with E-state index in [-0.39, 0.29) is 17.7 Å². The molecule has 8 nitrogen and oxygen atoms in total. The van der Waals surface area contributed by atoms with Gasteiger partial charge in [-0.15, -0.1) is 0 Å². The average molecular weight is 371 g/mol. The van der Waals surface area contributed by atoms with Crippen LogP contribution in [-0.2, 0) is 11.3 Å². The third-order valence-corrected chi connectivity index (χ3v) is 4.23. The summed E-state index contributed by atoms with van der Waals surface area (Å²) in [6.07, 6.45) is 3.49. The van der Waals surface area contributed by atoms with E-state index in [9.17, 15) is 4.79 Å². The number of benzene rings is 1. The SMILES string of the molecule is CC(=N)NC1=NC(=O)C(c2ccc(CN(CCCN)CCCN)cc2)C=N1. The Morgan fingerprint density at radius 3 is 2.33 bits per heavy atom. The number of amides is 1. The van der Waals surface area contributed by atoms with Crippen molar-refractivity contribution in [2.45, 2.75) is 32.2 Å². The van der Waals surface area contributed by atoms with Gasteiger partial charge >= 0.3 is 0 Å². The lowest BCUT2D eigenvalue weighted by Gasteiger charge is -2.22. The average Bonchev–Trinajstić information content (AvgIpc) is 2.64. The third kappa shape index (κ3) is 6.67. The van der Waals surface area contributed by atoms with Gasteiger partial charge in [0.2, 0.25) is 5.96 Å². The third-order valence-electron chi connectivity index (χ3n) is 4.23. The number of carbonyl (C=O) groups is 1. The van der Waals surface area contributed by atoms with Gasteiger partial charge in [-0.1, -0.05) is 24.3 Å². The van der Waals surface area contributed by atoms with Crippen LogP contribution >= 0.6 is 0 Å². The first-order chi connectivity index (χ1) is 13.0. The van der Waals surface area contributed by atoms with E-state index in [1.54, 1.807) is 13.1 Å². The first-order valence-electron chi connectivity index (χ1n) is 9.23. The van der Waals surface area contributed by atoms with Crippen LogP contribution in [0.1, 0.15) is 36.8 Å². The highest BCUT2D eigenvalue weighted by atomic mass is 16.1. The maximum atomic E-state index is 12.3. The summed E-state index contributed by atoms with van der Waals surface area (Å²) in [5.41, 5.74) is 13.3. The van der Waals surface area contributed by atoms with E-state index >= 15 is 0 Å². The summed E-state index contributed by atoms with van der Waals surface area (Å²) in [7, 11) is 0. The van der Waals surface area contributed by atoms with Crippen molar-refractivity contribution in [1.29, 1.82) is 5.41 Å². The number of hydrogen-bond acceptors (Lipinski definition) is 6. The van der Waals surface area contributed by atoms with Gasteiger partial charge in [0, 0.05) is 12.8 Å². The summed E-state index contributed by atoms with van der Waals surface area (Å²) in [6, 6.07) is 7.97. The van der Waals surface area contributed by atoms with E-state index in [2.05, 4.69) is 20.2 Å². The highest BCUT2D eigenvalue weighted by Gasteiger charge is 2.22. The minimum atomic E-state index is -0.485. The van der Waals surface area contributed by atoms with E-state index in [1.165, 1.54) is 5.56 Å². The van der Waals surface area contributed by atoms with Crippen LogP contribution in [0, 0.1) is 5.41 Å². The quantitative estimate of drug-likeness (QED) is 0.377. The molecule has 146 valence electrons. The van der Waals surface area contributed by atoms with Gasteiger partial charge in [0.25, 0.3) is 5.91 Å². The molecule has 0 saturated carbocycles. The smallest absolute Gasteiger partial charge is 0.261 e. The molecule has 1 unspecified atom stereocenters. The zero-order chi connectivity index (χ0) is 19.6. The normalized spacial score (nSPS) is 16.5. The van der Waals surface area contributed by atoms with Gasteiger partial charge in [0.05, 0.1) is 5.84 Å². The van der Waals surface area contributed by atoms with E-state index in [0.717, 1.165) is 38.0 Å². The molecule has 0 aromatic heterocycles. The molecule has 1 heterocycles.